The van der Waals surface area contributed by atoms with E-state index in [9.17, 15) is 13.2 Å². The molecule has 0 atom stereocenters. The first-order chi connectivity index (χ1) is 19.1. The number of ether oxygens (including phenoxy) is 1. The molecule has 0 bridgehead atoms. The van der Waals surface area contributed by atoms with Gasteiger partial charge < -0.3 is 9.30 Å². The van der Waals surface area contributed by atoms with Crippen LogP contribution in [0.3, 0.4) is 0 Å². The van der Waals surface area contributed by atoms with Crippen LogP contribution in [0.2, 0.25) is 0 Å². The second-order valence-electron chi connectivity index (χ2n) is 11.9. The first-order valence-electron chi connectivity index (χ1n) is 14.1. The maximum atomic E-state index is 14.0. The largest absolute Gasteiger partial charge is 0.456 e. The highest BCUT2D eigenvalue weighted by Gasteiger charge is 2.32. The molecule has 0 spiro atoms. The number of fused-ring (bicyclic) bond motifs is 5. The number of hydrogen-bond donors (Lipinski definition) is 0. The second-order valence-corrected chi connectivity index (χ2v) is 13.9. The highest BCUT2D eigenvalue weighted by molar-refractivity contribution is 7.95. The third-order valence-electron chi connectivity index (χ3n) is 8.00. The van der Waals surface area contributed by atoms with E-state index in [0.29, 0.717) is 16.4 Å². The Bertz CT molecular complexity index is 1730. The molecule has 1 aliphatic heterocycles. The number of nitrogens with zero attached hydrogens (tertiary/aromatic N) is 1. The summed E-state index contributed by atoms with van der Waals surface area (Å²) in [6.45, 7) is 5.76. The molecule has 206 valence electrons. The fourth-order valence-corrected chi connectivity index (χ4v) is 7.63. The fraction of sp³-hybridized carbons (Fsp3) is 0.324. The second kappa shape index (κ2) is 10.1. The molecular formula is C34H35NO4S. The number of benzene rings is 3. The zero-order valence-corrected chi connectivity index (χ0v) is 24.1. The summed E-state index contributed by atoms with van der Waals surface area (Å²) in [7, 11) is -3.76. The number of rotatable bonds is 4. The van der Waals surface area contributed by atoms with Crippen molar-refractivity contribution in [2.24, 2.45) is 0 Å². The normalized spacial score (nSPS) is 16.1. The van der Waals surface area contributed by atoms with Crippen molar-refractivity contribution in [1.29, 1.82) is 0 Å². The lowest BCUT2D eigenvalue weighted by Gasteiger charge is -2.24. The summed E-state index contributed by atoms with van der Waals surface area (Å²) in [4.78, 5) is 13.7. The standard InChI is InChI=1S/C34H35NO4S/c1-34(2,3)39-33(36)25-18-19-29-30(21-25)35-22-27(40(37,38)26-15-8-5-9-16-26)20-24-14-10-11-17-28(24)32(35)31(29)23-12-6-4-7-13-23/h5,8-11,14-21,23H,4,6-7,12-13,22H2,1-3H3. The van der Waals surface area contributed by atoms with Crippen LogP contribution in [-0.2, 0) is 21.1 Å². The van der Waals surface area contributed by atoms with E-state index in [1.165, 1.54) is 24.8 Å². The van der Waals surface area contributed by atoms with Crippen molar-refractivity contribution in [1.82, 2.24) is 4.57 Å². The van der Waals surface area contributed by atoms with Crippen molar-refractivity contribution in [3.8, 4) is 11.3 Å². The van der Waals surface area contributed by atoms with Gasteiger partial charge in [0.15, 0.2) is 0 Å². The summed E-state index contributed by atoms with van der Waals surface area (Å²) in [5.41, 5.74) is 4.96. The minimum atomic E-state index is -3.76. The molecule has 5 nitrogen and oxygen atoms in total. The van der Waals surface area contributed by atoms with Crippen LogP contribution in [-0.4, -0.2) is 24.6 Å². The molecule has 1 saturated carbocycles. The first kappa shape index (κ1) is 26.6. The lowest BCUT2D eigenvalue weighted by molar-refractivity contribution is 0.00696. The summed E-state index contributed by atoms with van der Waals surface area (Å²) in [5.74, 6) is -0.00826. The Morgan fingerprint density at radius 2 is 1.60 bits per heavy atom. The van der Waals surface area contributed by atoms with Crippen molar-refractivity contribution >= 4 is 32.8 Å². The predicted molar refractivity (Wildman–Crippen MR) is 160 cm³/mol. The zero-order chi connectivity index (χ0) is 28.1. The monoisotopic (exact) mass is 553 g/mol. The van der Waals surface area contributed by atoms with E-state index in [2.05, 4.69) is 10.6 Å². The van der Waals surface area contributed by atoms with Crippen molar-refractivity contribution in [3.05, 3.63) is 94.4 Å². The van der Waals surface area contributed by atoms with Gasteiger partial charge in [0.1, 0.15) is 5.60 Å². The van der Waals surface area contributed by atoms with Crippen LogP contribution in [0, 0.1) is 0 Å². The van der Waals surface area contributed by atoms with Gasteiger partial charge in [-0.15, -0.1) is 0 Å². The molecule has 0 saturated heterocycles. The molecule has 1 fully saturated rings. The smallest absolute Gasteiger partial charge is 0.338 e. The minimum absolute atomic E-state index is 0.183. The lowest BCUT2D eigenvalue weighted by atomic mass is 9.81. The maximum Gasteiger partial charge on any atom is 0.338 e. The highest BCUT2D eigenvalue weighted by atomic mass is 32.2. The molecule has 4 aromatic rings. The molecule has 2 heterocycles. The molecule has 6 rings (SSSR count). The van der Waals surface area contributed by atoms with E-state index in [1.807, 2.05) is 69.3 Å². The molecule has 3 aromatic carbocycles. The Morgan fingerprint density at radius 1 is 0.900 bits per heavy atom. The average Bonchev–Trinajstić information content (AvgIpc) is 3.15. The van der Waals surface area contributed by atoms with Crippen LogP contribution < -0.4 is 0 Å². The van der Waals surface area contributed by atoms with E-state index >= 15 is 0 Å². The van der Waals surface area contributed by atoms with Crippen molar-refractivity contribution in [2.45, 2.75) is 75.8 Å². The first-order valence-corrected chi connectivity index (χ1v) is 15.6. The van der Waals surface area contributed by atoms with Gasteiger partial charge in [0, 0.05) is 16.5 Å². The molecule has 2 aliphatic rings. The lowest BCUT2D eigenvalue weighted by Crippen LogP contribution is -2.23. The number of aromatic nitrogens is 1. The van der Waals surface area contributed by atoms with Gasteiger partial charge in [-0.2, -0.15) is 0 Å². The Kier molecular flexibility index (Phi) is 6.70. The van der Waals surface area contributed by atoms with Gasteiger partial charge >= 0.3 is 5.97 Å². The predicted octanol–water partition coefficient (Wildman–Crippen LogP) is 8.14. The van der Waals surface area contributed by atoms with Gasteiger partial charge in [0.25, 0.3) is 0 Å². The van der Waals surface area contributed by atoms with E-state index in [0.717, 1.165) is 40.6 Å². The van der Waals surface area contributed by atoms with Gasteiger partial charge in [-0.25, -0.2) is 13.2 Å². The molecule has 0 unspecified atom stereocenters. The molecule has 0 amide bonds. The summed E-state index contributed by atoms with van der Waals surface area (Å²) >= 11 is 0. The van der Waals surface area contributed by atoms with Crippen molar-refractivity contribution < 1.29 is 17.9 Å². The van der Waals surface area contributed by atoms with E-state index in [-0.39, 0.29) is 17.4 Å². The molecule has 1 aliphatic carbocycles. The molecule has 1 aromatic heterocycles. The number of sulfone groups is 1. The Labute approximate surface area is 236 Å². The van der Waals surface area contributed by atoms with Gasteiger partial charge in [-0.1, -0.05) is 67.8 Å². The van der Waals surface area contributed by atoms with Crippen LogP contribution >= 0.6 is 0 Å². The molecule has 40 heavy (non-hydrogen) atoms. The number of carbonyl (C=O) groups is 1. The fourth-order valence-electron chi connectivity index (χ4n) is 6.23. The van der Waals surface area contributed by atoms with Gasteiger partial charge in [-0.05, 0) is 81.0 Å². The Balaban J connectivity index is 1.62. The van der Waals surface area contributed by atoms with E-state index in [4.69, 9.17) is 4.74 Å². The molecular weight excluding hydrogens is 518 g/mol. The van der Waals surface area contributed by atoms with Crippen molar-refractivity contribution in [2.75, 3.05) is 0 Å². The summed E-state index contributed by atoms with van der Waals surface area (Å²) < 4.78 is 35.8. The summed E-state index contributed by atoms with van der Waals surface area (Å²) in [6, 6.07) is 22.5. The Hall–Kier alpha value is -3.64. The van der Waals surface area contributed by atoms with Gasteiger partial charge in [0.2, 0.25) is 9.84 Å². The van der Waals surface area contributed by atoms with E-state index in [1.54, 1.807) is 24.3 Å². The van der Waals surface area contributed by atoms with Gasteiger partial charge in [-0.3, -0.25) is 0 Å². The van der Waals surface area contributed by atoms with Crippen LogP contribution in [0.1, 0.15) is 80.3 Å². The number of carbonyl (C=O) groups excluding carboxylic acids is 1. The summed E-state index contributed by atoms with van der Waals surface area (Å²) in [5, 5.41) is 1.09. The van der Waals surface area contributed by atoms with Gasteiger partial charge in [0.05, 0.1) is 27.6 Å². The molecule has 0 N–H and O–H groups in total. The minimum Gasteiger partial charge on any atom is -0.456 e. The van der Waals surface area contributed by atoms with E-state index < -0.39 is 15.4 Å². The van der Waals surface area contributed by atoms with Crippen LogP contribution in [0.5, 0.6) is 0 Å². The Morgan fingerprint density at radius 3 is 2.33 bits per heavy atom. The van der Waals surface area contributed by atoms with Crippen LogP contribution in [0.15, 0.2) is 82.6 Å². The van der Waals surface area contributed by atoms with Crippen molar-refractivity contribution in [3.63, 3.8) is 0 Å². The maximum absolute atomic E-state index is 14.0. The number of allylic oxidation sites excluding steroid dienone is 1. The molecule has 6 heteroatoms. The highest BCUT2D eigenvalue weighted by Crippen LogP contribution is 2.47. The summed E-state index contributed by atoms with van der Waals surface area (Å²) in [6.07, 6.45) is 7.64. The quantitative estimate of drug-likeness (QED) is 0.239. The SMILES string of the molecule is CC(C)(C)OC(=O)c1ccc2c(C3CCCCC3)c3n(c2c1)CC(S(=O)(=O)c1ccccc1)=Cc1ccccc1-3. The molecule has 0 radical (unpaired) electrons. The average molecular weight is 554 g/mol. The third kappa shape index (κ3) is 4.79. The third-order valence-corrected chi connectivity index (χ3v) is 9.83. The topological polar surface area (TPSA) is 65.4 Å². The van der Waals surface area contributed by atoms with Crippen LogP contribution in [0.25, 0.3) is 28.2 Å². The number of hydrogen-bond acceptors (Lipinski definition) is 4. The van der Waals surface area contributed by atoms with Crippen LogP contribution in [0.4, 0.5) is 0 Å². The number of esters is 1. The zero-order valence-electron chi connectivity index (χ0n) is 23.3.